The van der Waals surface area contributed by atoms with Gasteiger partial charge in [-0.15, -0.1) is 0 Å². The Hall–Kier alpha value is -1.75. The maximum absolute atomic E-state index is 11.4. The van der Waals surface area contributed by atoms with Crippen LogP contribution in [0.15, 0.2) is 23.4 Å². The van der Waals surface area contributed by atoms with Crippen molar-refractivity contribution < 1.29 is 9.90 Å². The lowest BCUT2D eigenvalue weighted by Gasteiger charge is -2.35. The number of aryl methyl sites for hydroxylation is 2. The molecule has 1 heterocycles. The summed E-state index contributed by atoms with van der Waals surface area (Å²) < 4.78 is 0. The van der Waals surface area contributed by atoms with Crippen molar-refractivity contribution in [3.63, 3.8) is 0 Å². The molecule has 1 aromatic rings. The van der Waals surface area contributed by atoms with Gasteiger partial charge in [-0.1, -0.05) is 23.4 Å². The van der Waals surface area contributed by atoms with Crippen LogP contribution in [-0.4, -0.2) is 34.6 Å². The van der Waals surface area contributed by atoms with E-state index in [1.807, 2.05) is 30.9 Å². The molecule has 1 fully saturated rings. The van der Waals surface area contributed by atoms with Gasteiger partial charge in [0.25, 0.3) is 0 Å². The van der Waals surface area contributed by atoms with Gasteiger partial charge < -0.3 is 5.11 Å². The highest BCUT2D eigenvalue weighted by atomic mass is 16.4. The van der Waals surface area contributed by atoms with Crippen molar-refractivity contribution in [3.05, 3.63) is 39.8 Å². The Morgan fingerprint density at radius 2 is 2.15 bits per heavy atom. The van der Waals surface area contributed by atoms with Crippen molar-refractivity contribution in [2.24, 2.45) is 5.18 Å². The topological polar surface area (TPSA) is 70.0 Å². The zero-order valence-electron chi connectivity index (χ0n) is 11.9. The number of piperidine rings is 1. The van der Waals surface area contributed by atoms with Crippen LogP contribution in [0.4, 0.5) is 0 Å². The van der Waals surface area contributed by atoms with Crippen molar-refractivity contribution in [2.45, 2.75) is 45.3 Å². The first-order valence-corrected chi connectivity index (χ1v) is 6.88. The molecule has 0 amide bonds. The third-order valence-corrected chi connectivity index (χ3v) is 4.05. The van der Waals surface area contributed by atoms with E-state index in [4.69, 9.17) is 0 Å². The molecule has 108 valence electrons. The number of nitrogens with zero attached hydrogens (tertiary/aromatic N) is 2. The summed E-state index contributed by atoms with van der Waals surface area (Å²) in [5, 5.41) is 12.3. The summed E-state index contributed by atoms with van der Waals surface area (Å²) in [5.74, 6) is -0.960. The first-order chi connectivity index (χ1) is 9.52. The second kappa shape index (κ2) is 6.13. The third kappa shape index (κ3) is 3.04. The van der Waals surface area contributed by atoms with Crippen molar-refractivity contribution in [2.75, 3.05) is 6.54 Å². The van der Waals surface area contributed by atoms with Gasteiger partial charge in [-0.05, 0) is 49.9 Å². The van der Waals surface area contributed by atoms with Crippen LogP contribution in [0.25, 0.3) is 0 Å². The lowest BCUT2D eigenvalue weighted by Crippen LogP contribution is -2.51. The quantitative estimate of drug-likeness (QED) is 0.858. The van der Waals surface area contributed by atoms with Crippen molar-refractivity contribution in [3.8, 4) is 0 Å². The van der Waals surface area contributed by atoms with Crippen LogP contribution < -0.4 is 0 Å². The number of carboxylic acids is 1. The van der Waals surface area contributed by atoms with Gasteiger partial charge in [0.05, 0.1) is 0 Å². The fourth-order valence-electron chi connectivity index (χ4n) is 2.79. The highest BCUT2D eigenvalue weighted by Gasteiger charge is 2.37. The number of nitroso groups, excluding NO2 is 1. The molecular formula is C15H20N2O3. The highest BCUT2D eigenvalue weighted by Crippen LogP contribution is 2.23. The molecule has 20 heavy (non-hydrogen) atoms. The molecule has 0 radical (unpaired) electrons. The average Bonchev–Trinajstić information content (AvgIpc) is 2.42. The molecule has 1 aliphatic heterocycles. The molecule has 1 aliphatic rings. The van der Waals surface area contributed by atoms with Crippen LogP contribution in [0.5, 0.6) is 0 Å². The van der Waals surface area contributed by atoms with E-state index in [1.165, 1.54) is 11.1 Å². The van der Waals surface area contributed by atoms with Crippen molar-refractivity contribution in [1.29, 1.82) is 0 Å². The van der Waals surface area contributed by atoms with Crippen LogP contribution in [0.3, 0.4) is 0 Å². The molecule has 5 heteroatoms. The summed E-state index contributed by atoms with van der Waals surface area (Å²) in [6.45, 7) is 5.33. The minimum atomic E-state index is -0.960. The van der Waals surface area contributed by atoms with E-state index in [9.17, 15) is 14.8 Å². The molecule has 5 nitrogen and oxygen atoms in total. The van der Waals surface area contributed by atoms with Crippen molar-refractivity contribution in [1.82, 2.24) is 4.90 Å². The third-order valence-electron chi connectivity index (χ3n) is 4.05. The molecule has 2 atom stereocenters. The normalized spacial score (nSPS) is 23.5. The Bertz CT molecular complexity index is 516. The second-order valence-electron chi connectivity index (χ2n) is 5.49. The zero-order valence-corrected chi connectivity index (χ0v) is 11.9. The fraction of sp³-hybridized carbons (Fsp3) is 0.533. The summed E-state index contributed by atoms with van der Waals surface area (Å²) in [4.78, 5) is 24.1. The smallest absolute Gasteiger partial charge is 0.323 e. The van der Waals surface area contributed by atoms with Crippen LogP contribution in [0, 0.1) is 18.8 Å². The number of hydrogen-bond acceptors (Lipinski definition) is 4. The Kier molecular flexibility index (Phi) is 4.49. The predicted octanol–water partition coefficient (Wildman–Crippen LogP) is 2.49. The highest BCUT2D eigenvalue weighted by molar-refractivity contribution is 5.74. The largest absolute Gasteiger partial charge is 0.480 e. The minimum absolute atomic E-state index is 0.546. The van der Waals surface area contributed by atoms with Gasteiger partial charge in [0.2, 0.25) is 0 Å². The number of benzene rings is 1. The summed E-state index contributed by atoms with van der Waals surface area (Å²) in [5.41, 5.74) is 3.48. The molecule has 0 bridgehead atoms. The number of rotatable bonds is 4. The average molecular weight is 276 g/mol. The molecule has 0 aromatic heterocycles. The van der Waals surface area contributed by atoms with E-state index < -0.39 is 18.1 Å². The summed E-state index contributed by atoms with van der Waals surface area (Å²) in [6, 6.07) is 4.68. The van der Waals surface area contributed by atoms with E-state index in [1.54, 1.807) is 0 Å². The van der Waals surface area contributed by atoms with E-state index in [2.05, 4.69) is 11.2 Å². The zero-order chi connectivity index (χ0) is 14.7. The van der Waals surface area contributed by atoms with Gasteiger partial charge in [-0.3, -0.25) is 9.69 Å². The van der Waals surface area contributed by atoms with E-state index in [0.29, 0.717) is 19.5 Å². The van der Waals surface area contributed by atoms with E-state index >= 15 is 0 Å². The second-order valence-corrected chi connectivity index (χ2v) is 5.49. The number of carbonyl (C=O) groups is 1. The monoisotopic (exact) mass is 276 g/mol. The van der Waals surface area contributed by atoms with Crippen LogP contribution >= 0.6 is 0 Å². The first kappa shape index (κ1) is 14.7. The number of hydrogen-bond donors (Lipinski definition) is 1. The molecule has 2 rings (SSSR count). The standard InChI is InChI=1S/C15H20N2O3/c1-10-5-6-12(8-11(10)2)9-17-7-3-4-13(16-20)14(17)15(18)19/h5-6,8,13-14H,3-4,7,9H2,1-2H3,(H,18,19). The summed E-state index contributed by atoms with van der Waals surface area (Å²) in [7, 11) is 0. The van der Waals surface area contributed by atoms with Crippen LogP contribution in [0.1, 0.15) is 29.5 Å². The number of likely N-dealkylation sites (tertiary alicyclic amines) is 1. The van der Waals surface area contributed by atoms with Crippen LogP contribution in [-0.2, 0) is 11.3 Å². The van der Waals surface area contributed by atoms with Gasteiger partial charge in [-0.25, -0.2) is 0 Å². The maximum Gasteiger partial charge on any atom is 0.323 e. The van der Waals surface area contributed by atoms with Gasteiger partial charge in [0.1, 0.15) is 12.1 Å². The van der Waals surface area contributed by atoms with Gasteiger partial charge in [0.15, 0.2) is 0 Å². The minimum Gasteiger partial charge on any atom is -0.480 e. The molecule has 2 unspecified atom stereocenters. The van der Waals surface area contributed by atoms with Crippen LogP contribution in [0.2, 0.25) is 0 Å². The fourth-order valence-corrected chi connectivity index (χ4v) is 2.79. The van der Waals surface area contributed by atoms with Gasteiger partial charge in [-0.2, -0.15) is 4.91 Å². The molecule has 0 saturated carbocycles. The lowest BCUT2D eigenvalue weighted by molar-refractivity contribution is -0.145. The maximum atomic E-state index is 11.4. The van der Waals surface area contributed by atoms with Gasteiger partial charge in [0, 0.05) is 6.54 Å². The Morgan fingerprint density at radius 3 is 2.75 bits per heavy atom. The molecule has 0 spiro atoms. The Morgan fingerprint density at radius 1 is 1.40 bits per heavy atom. The molecule has 1 aromatic carbocycles. The SMILES string of the molecule is Cc1ccc(CN2CCCC(N=O)C2C(=O)O)cc1C. The Labute approximate surface area is 118 Å². The summed E-state index contributed by atoms with van der Waals surface area (Å²) in [6.07, 6.45) is 1.37. The van der Waals surface area contributed by atoms with Gasteiger partial charge >= 0.3 is 5.97 Å². The number of carboxylic acid groups (broad SMARTS) is 1. The first-order valence-electron chi connectivity index (χ1n) is 6.88. The van der Waals surface area contributed by atoms with E-state index in [0.717, 1.165) is 12.0 Å². The molecule has 1 N–H and O–H groups in total. The molecule has 1 saturated heterocycles. The lowest BCUT2D eigenvalue weighted by atomic mass is 9.96. The Balaban J connectivity index is 2.18. The van der Waals surface area contributed by atoms with Crippen molar-refractivity contribution >= 4 is 5.97 Å². The number of aliphatic carboxylic acids is 1. The molecular weight excluding hydrogens is 256 g/mol. The molecule has 0 aliphatic carbocycles. The summed E-state index contributed by atoms with van der Waals surface area (Å²) >= 11 is 0. The van der Waals surface area contributed by atoms with E-state index in [-0.39, 0.29) is 0 Å². The predicted molar refractivity (Wildman–Crippen MR) is 76.6 cm³/mol.